The van der Waals surface area contributed by atoms with Crippen LogP contribution in [0.1, 0.15) is 46.5 Å². The molecule has 15 heavy (non-hydrogen) atoms. The van der Waals surface area contributed by atoms with Crippen LogP contribution in [0.5, 0.6) is 0 Å². The highest BCUT2D eigenvalue weighted by Gasteiger charge is 2.43. The Hall–Kier alpha value is -0.570. The van der Waals surface area contributed by atoms with Crippen molar-refractivity contribution in [3.8, 4) is 0 Å². The lowest BCUT2D eigenvalue weighted by Gasteiger charge is -2.36. The minimum atomic E-state index is -0.642. The average Bonchev–Trinajstić information content (AvgIpc) is 2.22. The molecular weight excluding hydrogens is 192 g/mol. The SMILES string of the molecule is CCOC(=O)C1(OCC)CCC(C)CC1. The number of carbonyl (C=O) groups is 1. The Labute approximate surface area is 92.1 Å². The summed E-state index contributed by atoms with van der Waals surface area (Å²) in [6.07, 6.45) is 3.72. The smallest absolute Gasteiger partial charge is 0.338 e. The average molecular weight is 214 g/mol. The molecule has 0 heterocycles. The lowest BCUT2D eigenvalue weighted by molar-refractivity contribution is -0.177. The summed E-state index contributed by atoms with van der Waals surface area (Å²) in [7, 11) is 0. The molecule has 1 aliphatic rings. The van der Waals surface area contributed by atoms with Gasteiger partial charge in [0.05, 0.1) is 6.61 Å². The lowest BCUT2D eigenvalue weighted by atomic mass is 9.79. The fourth-order valence-electron chi connectivity index (χ4n) is 2.17. The van der Waals surface area contributed by atoms with E-state index < -0.39 is 5.60 Å². The standard InChI is InChI=1S/C12H22O3/c1-4-14-11(13)12(15-5-2)8-6-10(3)7-9-12/h10H,4-9H2,1-3H3. The summed E-state index contributed by atoms with van der Waals surface area (Å²) in [6.45, 7) is 7.00. The molecule has 0 bridgehead atoms. The number of hydrogen-bond donors (Lipinski definition) is 0. The van der Waals surface area contributed by atoms with E-state index in [4.69, 9.17) is 9.47 Å². The fraction of sp³-hybridized carbons (Fsp3) is 0.917. The van der Waals surface area contributed by atoms with Crippen molar-refractivity contribution in [1.82, 2.24) is 0 Å². The molecule has 0 unspecified atom stereocenters. The zero-order chi connectivity index (χ0) is 11.3. The minimum Gasteiger partial charge on any atom is -0.464 e. The van der Waals surface area contributed by atoms with Gasteiger partial charge in [0.25, 0.3) is 0 Å². The molecule has 0 amide bonds. The second kappa shape index (κ2) is 5.50. The number of carbonyl (C=O) groups excluding carboxylic acids is 1. The summed E-state index contributed by atoms with van der Waals surface area (Å²) in [5, 5.41) is 0. The molecule has 3 heteroatoms. The maximum atomic E-state index is 11.9. The van der Waals surface area contributed by atoms with Gasteiger partial charge in [-0.1, -0.05) is 6.92 Å². The molecule has 3 nitrogen and oxygen atoms in total. The molecular formula is C12H22O3. The Kier molecular flexibility index (Phi) is 4.58. The van der Waals surface area contributed by atoms with Crippen LogP contribution >= 0.6 is 0 Å². The van der Waals surface area contributed by atoms with E-state index in [0.717, 1.165) is 25.7 Å². The summed E-state index contributed by atoms with van der Waals surface area (Å²) < 4.78 is 10.8. The Morgan fingerprint density at radius 2 is 1.87 bits per heavy atom. The Balaban J connectivity index is 2.65. The maximum absolute atomic E-state index is 11.9. The van der Waals surface area contributed by atoms with E-state index in [0.29, 0.717) is 19.1 Å². The molecule has 0 N–H and O–H groups in total. The first-order valence-electron chi connectivity index (χ1n) is 5.95. The van der Waals surface area contributed by atoms with Gasteiger partial charge < -0.3 is 9.47 Å². The first-order chi connectivity index (χ1) is 7.14. The van der Waals surface area contributed by atoms with E-state index in [1.165, 1.54) is 0 Å². The van der Waals surface area contributed by atoms with E-state index in [2.05, 4.69) is 6.92 Å². The molecule has 1 aliphatic carbocycles. The Morgan fingerprint density at radius 1 is 1.27 bits per heavy atom. The van der Waals surface area contributed by atoms with Crippen molar-refractivity contribution in [3.63, 3.8) is 0 Å². The quantitative estimate of drug-likeness (QED) is 0.675. The third-order valence-corrected chi connectivity index (χ3v) is 3.15. The predicted octanol–water partition coefficient (Wildman–Crippen LogP) is 2.53. The van der Waals surface area contributed by atoms with E-state index in [1.807, 2.05) is 13.8 Å². The summed E-state index contributed by atoms with van der Waals surface area (Å²) in [5.41, 5.74) is -0.642. The van der Waals surface area contributed by atoms with Gasteiger partial charge in [0, 0.05) is 6.61 Å². The molecule has 88 valence electrons. The van der Waals surface area contributed by atoms with E-state index in [-0.39, 0.29) is 5.97 Å². The molecule has 1 saturated carbocycles. The number of hydrogen-bond acceptors (Lipinski definition) is 3. The van der Waals surface area contributed by atoms with Gasteiger partial charge in [-0.15, -0.1) is 0 Å². The van der Waals surface area contributed by atoms with E-state index >= 15 is 0 Å². The van der Waals surface area contributed by atoms with Crippen molar-refractivity contribution < 1.29 is 14.3 Å². The monoisotopic (exact) mass is 214 g/mol. The van der Waals surface area contributed by atoms with Gasteiger partial charge in [0.15, 0.2) is 5.60 Å². The fourth-order valence-corrected chi connectivity index (χ4v) is 2.17. The highest BCUT2D eigenvalue weighted by Crippen LogP contribution is 2.35. The van der Waals surface area contributed by atoms with Crippen molar-refractivity contribution in [3.05, 3.63) is 0 Å². The summed E-state index contributed by atoms with van der Waals surface area (Å²) in [5.74, 6) is 0.534. The molecule has 0 aromatic heterocycles. The van der Waals surface area contributed by atoms with Gasteiger partial charge in [0.1, 0.15) is 0 Å². The molecule has 0 aromatic rings. The van der Waals surface area contributed by atoms with Gasteiger partial charge in [-0.25, -0.2) is 4.79 Å². The van der Waals surface area contributed by atoms with Gasteiger partial charge in [-0.3, -0.25) is 0 Å². The lowest BCUT2D eigenvalue weighted by Crippen LogP contribution is -2.45. The minimum absolute atomic E-state index is 0.168. The normalized spacial score (nSPS) is 31.3. The highest BCUT2D eigenvalue weighted by molar-refractivity contribution is 5.79. The predicted molar refractivity (Wildman–Crippen MR) is 58.6 cm³/mol. The second-order valence-corrected chi connectivity index (χ2v) is 4.33. The van der Waals surface area contributed by atoms with E-state index in [1.54, 1.807) is 0 Å². The topological polar surface area (TPSA) is 35.5 Å². The molecule has 0 radical (unpaired) electrons. The molecule has 1 fully saturated rings. The highest BCUT2D eigenvalue weighted by atomic mass is 16.6. The van der Waals surface area contributed by atoms with Crippen LogP contribution in [0.3, 0.4) is 0 Å². The first kappa shape index (κ1) is 12.5. The van der Waals surface area contributed by atoms with Crippen LogP contribution in [0.25, 0.3) is 0 Å². The second-order valence-electron chi connectivity index (χ2n) is 4.33. The molecule has 0 spiro atoms. The van der Waals surface area contributed by atoms with Gasteiger partial charge in [-0.05, 0) is 45.4 Å². The van der Waals surface area contributed by atoms with E-state index in [9.17, 15) is 4.79 Å². The van der Waals surface area contributed by atoms with Crippen molar-refractivity contribution >= 4 is 5.97 Å². The van der Waals surface area contributed by atoms with Crippen molar-refractivity contribution in [1.29, 1.82) is 0 Å². The molecule has 1 rings (SSSR count). The third-order valence-electron chi connectivity index (χ3n) is 3.15. The molecule has 0 aromatic carbocycles. The summed E-state index contributed by atoms with van der Waals surface area (Å²) in [6, 6.07) is 0. The van der Waals surface area contributed by atoms with Crippen molar-refractivity contribution in [2.75, 3.05) is 13.2 Å². The first-order valence-corrected chi connectivity index (χ1v) is 5.95. The summed E-state index contributed by atoms with van der Waals surface area (Å²) in [4.78, 5) is 11.9. The Morgan fingerprint density at radius 3 is 2.33 bits per heavy atom. The molecule has 0 atom stereocenters. The molecule has 0 saturated heterocycles. The van der Waals surface area contributed by atoms with Crippen LogP contribution in [0, 0.1) is 5.92 Å². The van der Waals surface area contributed by atoms with Crippen LogP contribution in [0.4, 0.5) is 0 Å². The van der Waals surface area contributed by atoms with Crippen molar-refractivity contribution in [2.45, 2.75) is 52.1 Å². The van der Waals surface area contributed by atoms with Crippen LogP contribution in [-0.4, -0.2) is 24.8 Å². The van der Waals surface area contributed by atoms with Gasteiger partial charge >= 0.3 is 5.97 Å². The molecule has 0 aliphatic heterocycles. The van der Waals surface area contributed by atoms with Gasteiger partial charge in [-0.2, -0.15) is 0 Å². The number of rotatable bonds is 4. The number of esters is 1. The largest absolute Gasteiger partial charge is 0.464 e. The van der Waals surface area contributed by atoms with Crippen LogP contribution < -0.4 is 0 Å². The van der Waals surface area contributed by atoms with Gasteiger partial charge in [0.2, 0.25) is 0 Å². The third kappa shape index (κ3) is 2.94. The summed E-state index contributed by atoms with van der Waals surface area (Å²) >= 11 is 0. The van der Waals surface area contributed by atoms with Crippen LogP contribution in [0.15, 0.2) is 0 Å². The Bertz CT molecular complexity index is 205. The van der Waals surface area contributed by atoms with Crippen molar-refractivity contribution in [2.24, 2.45) is 5.92 Å². The van der Waals surface area contributed by atoms with Crippen LogP contribution in [0.2, 0.25) is 0 Å². The maximum Gasteiger partial charge on any atom is 0.338 e. The number of ether oxygens (including phenoxy) is 2. The zero-order valence-electron chi connectivity index (χ0n) is 10.0. The zero-order valence-corrected chi connectivity index (χ0v) is 10.0. The van der Waals surface area contributed by atoms with Crippen LogP contribution in [-0.2, 0) is 14.3 Å².